The summed E-state index contributed by atoms with van der Waals surface area (Å²) in [7, 11) is 0. The van der Waals surface area contributed by atoms with E-state index < -0.39 is 0 Å². The molecule has 0 bridgehead atoms. The van der Waals surface area contributed by atoms with Gasteiger partial charge in [-0.2, -0.15) is 0 Å². The molecule has 2 heterocycles. The number of rotatable bonds is 3. The van der Waals surface area contributed by atoms with Crippen molar-refractivity contribution in [3.05, 3.63) is 64.4 Å². The van der Waals surface area contributed by atoms with E-state index in [0.717, 1.165) is 5.39 Å². The Bertz CT molecular complexity index is 1210. The predicted octanol–water partition coefficient (Wildman–Crippen LogP) is 3.21. The summed E-state index contributed by atoms with van der Waals surface area (Å²) < 4.78 is 11.2. The minimum absolute atomic E-state index is 0.0851. The maximum atomic E-state index is 12.3. The predicted molar refractivity (Wildman–Crippen MR) is 94.6 cm³/mol. The Hall–Kier alpha value is -3.41. The third-order valence-electron chi connectivity index (χ3n) is 3.93. The van der Waals surface area contributed by atoms with Crippen LogP contribution in [0.25, 0.3) is 33.3 Å². The molecule has 0 amide bonds. The highest BCUT2D eigenvalue weighted by Crippen LogP contribution is 2.26. The number of hydrogen-bond donors (Lipinski definition) is 2. The van der Waals surface area contributed by atoms with E-state index in [0.29, 0.717) is 40.2 Å². The van der Waals surface area contributed by atoms with Crippen LogP contribution >= 0.6 is 0 Å². The number of nitrogens with zero attached hydrogens (tertiary/aromatic N) is 1. The third kappa shape index (κ3) is 2.57. The summed E-state index contributed by atoms with van der Waals surface area (Å²) >= 11 is 0. The molecule has 124 valence electrons. The average Bonchev–Trinajstić information content (AvgIpc) is 2.62. The molecule has 4 aromatic rings. The molecule has 0 spiro atoms. The Morgan fingerprint density at radius 3 is 2.88 bits per heavy atom. The summed E-state index contributed by atoms with van der Waals surface area (Å²) in [6, 6.07) is 14.4. The van der Waals surface area contributed by atoms with Crippen molar-refractivity contribution in [2.45, 2.75) is 6.92 Å². The summed E-state index contributed by atoms with van der Waals surface area (Å²) in [6.45, 7) is 2.39. The van der Waals surface area contributed by atoms with E-state index in [1.54, 1.807) is 30.3 Å². The van der Waals surface area contributed by atoms with Crippen molar-refractivity contribution in [2.75, 3.05) is 6.61 Å². The average molecular weight is 333 g/mol. The van der Waals surface area contributed by atoms with Crippen molar-refractivity contribution in [3.63, 3.8) is 0 Å². The fourth-order valence-corrected chi connectivity index (χ4v) is 2.79. The maximum Gasteiger partial charge on any atom is 0.259 e. The molecule has 6 heteroatoms. The first-order valence-corrected chi connectivity index (χ1v) is 7.91. The first kappa shape index (κ1) is 15.1. The quantitative estimate of drug-likeness (QED) is 0.602. The van der Waals surface area contributed by atoms with Gasteiger partial charge in [0.2, 0.25) is 5.55 Å². The third-order valence-corrected chi connectivity index (χ3v) is 3.93. The molecular weight excluding hydrogens is 318 g/mol. The number of benzene rings is 2. The monoisotopic (exact) mass is 333 g/mol. The molecule has 0 saturated heterocycles. The van der Waals surface area contributed by atoms with E-state index in [-0.39, 0.29) is 11.1 Å². The molecule has 0 unspecified atom stereocenters. The summed E-state index contributed by atoms with van der Waals surface area (Å²) in [5.41, 5.74) is 1.16. The molecule has 0 fully saturated rings. The lowest BCUT2D eigenvalue weighted by Gasteiger charge is -2.08. The van der Waals surface area contributed by atoms with E-state index >= 15 is 0 Å². The molecule has 2 aromatic carbocycles. The van der Waals surface area contributed by atoms with Crippen LogP contribution in [-0.2, 0) is 0 Å². The van der Waals surface area contributed by atoms with Crippen molar-refractivity contribution in [1.82, 2.24) is 9.97 Å². The second kappa shape index (κ2) is 5.90. The number of fused-ring (bicyclic) bond motifs is 2. The first-order valence-electron chi connectivity index (χ1n) is 7.91. The zero-order valence-corrected chi connectivity index (χ0v) is 13.5. The number of para-hydroxylation sites is 2. The van der Waals surface area contributed by atoms with Crippen LogP contribution in [0.2, 0.25) is 0 Å². The van der Waals surface area contributed by atoms with Crippen molar-refractivity contribution < 1.29 is 9.15 Å². The van der Waals surface area contributed by atoms with Crippen LogP contribution in [0.3, 0.4) is 0 Å². The number of nitrogens with one attached hydrogen (secondary N) is 2. The second-order valence-corrected chi connectivity index (χ2v) is 5.53. The molecule has 2 N–H and O–H groups in total. The van der Waals surface area contributed by atoms with E-state index in [1.807, 2.05) is 25.1 Å². The van der Waals surface area contributed by atoms with Gasteiger partial charge in [-0.3, -0.25) is 10.2 Å². The molecule has 6 nitrogen and oxygen atoms in total. The molecule has 0 aliphatic carbocycles. The van der Waals surface area contributed by atoms with Gasteiger partial charge in [-0.15, -0.1) is 0 Å². The molecule has 25 heavy (non-hydrogen) atoms. The van der Waals surface area contributed by atoms with Gasteiger partial charge in [-0.25, -0.2) is 4.98 Å². The highest BCUT2D eigenvalue weighted by atomic mass is 16.5. The summed E-state index contributed by atoms with van der Waals surface area (Å²) in [5.74, 6) is 0.890. The number of aromatic amines is 1. The SMILES string of the molecule is CCOc1cccc2cc(-c3nc4ccccc4c(=O)[nH]3)c(=N)oc12. The van der Waals surface area contributed by atoms with Gasteiger partial charge in [0, 0.05) is 5.39 Å². The largest absolute Gasteiger partial charge is 0.490 e. The zero-order chi connectivity index (χ0) is 17.4. The summed E-state index contributed by atoms with van der Waals surface area (Å²) in [5, 5.41) is 9.49. The van der Waals surface area contributed by atoms with Gasteiger partial charge in [0.1, 0.15) is 5.82 Å². The topological polar surface area (TPSA) is 92.0 Å². The van der Waals surface area contributed by atoms with Gasteiger partial charge in [-0.05, 0) is 31.2 Å². The van der Waals surface area contributed by atoms with E-state index in [9.17, 15) is 4.79 Å². The molecular formula is C19H15N3O3. The van der Waals surface area contributed by atoms with Crippen molar-refractivity contribution in [1.29, 1.82) is 5.41 Å². The lowest BCUT2D eigenvalue weighted by molar-refractivity contribution is 0.336. The number of aromatic nitrogens is 2. The van der Waals surface area contributed by atoms with Crippen molar-refractivity contribution in [3.8, 4) is 17.1 Å². The molecule has 2 aromatic heterocycles. The lowest BCUT2D eigenvalue weighted by atomic mass is 10.1. The van der Waals surface area contributed by atoms with E-state index in [2.05, 4.69) is 9.97 Å². The fourth-order valence-electron chi connectivity index (χ4n) is 2.79. The maximum absolute atomic E-state index is 12.3. The standard InChI is InChI=1S/C19H15N3O3/c1-2-24-15-9-5-6-11-10-13(17(20)25-16(11)15)18-21-14-8-4-3-7-12(14)19(23)22-18/h3-10,20H,2H2,1H3,(H,21,22,23). The fraction of sp³-hybridized carbons (Fsp3) is 0.105. The molecule has 0 aliphatic rings. The van der Waals surface area contributed by atoms with E-state index in [4.69, 9.17) is 14.6 Å². The Kier molecular flexibility index (Phi) is 3.57. The molecule has 0 saturated carbocycles. The Morgan fingerprint density at radius 2 is 2.04 bits per heavy atom. The normalized spacial score (nSPS) is 11.1. The molecule has 4 rings (SSSR count). The highest BCUT2D eigenvalue weighted by Gasteiger charge is 2.12. The van der Waals surface area contributed by atoms with Crippen LogP contribution in [0.1, 0.15) is 6.92 Å². The zero-order valence-electron chi connectivity index (χ0n) is 13.5. The van der Waals surface area contributed by atoms with Crippen LogP contribution in [0.5, 0.6) is 5.75 Å². The molecule has 0 aliphatic heterocycles. The lowest BCUT2D eigenvalue weighted by Crippen LogP contribution is -2.13. The van der Waals surface area contributed by atoms with Crippen LogP contribution in [0.4, 0.5) is 0 Å². The second-order valence-electron chi connectivity index (χ2n) is 5.53. The Labute approximate surface area is 142 Å². The van der Waals surface area contributed by atoms with Gasteiger partial charge < -0.3 is 14.1 Å². The van der Waals surface area contributed by atoms with Crippen molar-refractivity contribution in [2.24, 2.45) is 0 Å². The van der Waals surface area contributed by atoms with Crippen LogP contribution in [0.15, 0.2) is 57.7 Å². The minimum Gasteiger partial charge on any atom is -0.490 e. The van der Waals surface area contributed by atoms with Gasteiger partial charge in [-0.1, -0.05) is 24.3 Å². The summed E-state index contributed by atoms with van der Waals surface area (Å²) in [6.07, 6.45) is 0. The minimum atomic E-state index is -0.247. The van der Waals surface area contributed by atoms with Crippen LogP contribution < -0.4 is 15.9 Å². The van der Waals surface area contributed by atoms with Gasteiger partial charge in [0.05, 0.1) is 23.1 Å². The summed E-state index contributed by atoms with van der Waals surface area (Å²) in [4.78, 5) is 19.5. The number of hydrogen-bond acceptors (Lipinski definition) is 5. The van der Waals surface area contributed by atoms with Gasteiger partial charge in [0.25, 0.3) is 5.56 Å². The van der Waals surface area contributed by atoms with Crippen LogP contribution in [-0.4, -0.2) is 16.6 Å². The Balaban J connectivity index is 1.97. The smallest absolute Gasteiger partial charge is 0.259 e. The number of ether oxygens (including phenoxy) is 1. The first-order chi connectivity index (χ1) is 12.2. The molecule has 0 atom stereocenters. The highest BCUT2D eigenvalue weighted by molar-refractivity contribution is 5.86. The van der Waals surface area contributed by atoms with Gasteiger partial charge >= 0.3 is 0 Å². The van der Waals surface area contributed by atoms with E-state index in [1.165, 1.54) is 0 Å². The van der Waals surface area contributed by atoms with Crippen LogP contribution in [0, 0.1) is 5.41 Å². The number of H-pyrrole nitrogens is 1. The van der Waals surface area contributed by atoms with Crippen molar-refractivity contribution >= 4 is 21.9 Å². The Morgan fingerprint density at radius 1 is 1.20 bits per heavy atom. The molecule has 0 radical (unpaired) electrons. The van der Waals surface area contributed by atoms with Gasteiger partial charge in [0.15, 0.2) is 11.3 Å².